The van der Waals surface area contributed by atoms with Gasteiger partial charge in [-0.15, -0.1) is 6.58 Å². The van der Waals surface area contributed by atoms with Crippen LogP contribution in [0.2, 0.25) is 0 Å². The summed E-state index contributed by atoms with van der Waals surface area (Å²) in [6, 6.07) is 7.89. The van der Waals surface area contributed by atoms with Crippen LogP contribution >= 0.6 is 0 Å². The minimum absolute atomic E-state index is 0.274. The van der Waals surface area contributed by atoms with Crippen LogP contribution in [-0.2, 0) is 9.53 Å². The van der Waals surface area contributed by atoms with Gasteiger partial charge in [0.05, 0.1) is 13.2 Å². The molecule has 0 amide bonds. The van der Waals surface area contributed by atoms with Gasteiger partial charge in [0.25, 0.3) is 0 Å². The van der Waals surface area contributed by atoms with Gasteiger partial charge in [-0.05, 0) is 74.1 Å². The maximum atomic E-state index is 11.7. The molecule has 154 valence electrons. The topological polar surface area (TPSA) is 35.5 Å². The van der Waals surface area contributed by atoms with Crippen molar-refractivity contribution in [2.24, 2.45) is 11.8 Å². The Hall–Kier alpha value is -2.03. The van der Waals surface area contributed by atoms with Crippen molar-refractivity contribution in [1.82, 2.24) is 0 Å². The van der Waals surface area contributed by atoms with Crippen molar-refractivity contribution in [2.75, 3.05) is 13.2 Å². The van der Waals surface area contributed by atoms with Gasteiger partial charge in [0, 0.05) is 6.08 Å². The number of rotatable bonds is 12. The summed E-state index contributed by atoms with van der Waals surface area (Å²) in [5, 5.41) is 0. The number of unbranched alkanes of at least 4 members (excludes halogenated alkanes) is 3. The van der Waals surface area contributed by atoms with Crippen molar-refractivity contribution in [3.63, 3.8) is 0 Å². The highest BCUT2D eigenvalue weighted by Crippen LogP contribution is 2.31. The summed E-state index contributed by atoms with van der Waals surface area (Å²) in [4.78, 5) is 11.7. The van der Waals surface area contributed by atoms with E-state index in [-0.39, 0.29) is 5.97 Å². The Bertz CT molecular complexity index is 595. The van der Waals surface area contributed by atoms with Gasteiger partial charge in [0.2, 0.25) is 0 Å². The zero-order valence-electron chi connectivity index (χ0n) is 17.4. The summed E-state index contributed by atoms with van der Waals surface area (Å²) in [5.74, 6) is 2.10. The van der Waals surface area contributed by atoms with E-state index in [1.165, 1.54) is 44.6 Å². The maximum Gasteiger partial charge on any atom is 0.330 e. The molecular formula is C25H36O3. The average molecular weight is 385 g/mol. The molecule has 1 saturated carbocycles. The lowest BCUT2D eigenvalue weighted by molar-refractivity contribution is -0.137. The quantitative estimate of drug-likeness (QED) is 0.177. The standard InChI is InChI=1S/C25H36O3/c1-3-5-6-7-19-27-25(26)18-15-22-13-16-24(17-14-22)28-20-23-11-9-21(8-4-2)10-12-23/h4,13-18,21,23H,2-3,5-12,19-20H2,1H3. The highest BCUT2D eigenvalue weighted by Gasteiger charge is 2.20. The Labute approximate surface area is 170 Å². The largest absolute Gasteiger partial charge is 0.493 e. The second-order valence-electron chi connectivity index (χ2n) is 7.85. The van der Waals surface area contributed by atoms with Crippen LogP contribution in [-0.4, -0.2) is 19.2 Å². The van der Waals surface area contributed by atoms with Crippen LogP contribution in [0.25, 0.3) is 6.08 Å². The first-order valence-electron chi connectivity index (χ1n) is 10.9. The van der Waals surface area contributed by atoms with Crippen molar-refractivity contribution >= 4 is 12.0 Å². The van der Waals surface area contributed by atoms with E-state index in [1.807, 2.05) is 30.3 Å². The lowest BCUT2D eigenvalue weighted by Gasteiger charge is -2.27. The average Bonchev–Trinajstić information content (AvgIpc) is 2.72. The van der Waals surface area contributed by atoms with Crippen molar-refractivity contribution in [2.45, 2.75) is 64.7 Å². The summed E-state index contributed by atoms with van der Waals surface area (Å²) in [6.07, 6.45) is 16.0. The predicted octanol–water partition coefficient (Wildman–Crippen LogP) is 6.58. The lowest BCUT2D eigenvalue weighted by atomic mass is 9.81. The van der Waals surface area contributed by atoms with Gasteiger partial charge in [-0.25, -0.2) is 4.79 Å². The maximum absolute atomic E-state index is 11.7. The van der Waals surface area contributed by atoms with E-state index < -0.39 is 0 Å². The first-order chi connectivity index (χ1) is 13.7. The molecule has 1 aromatic carbocycles. The third kappa shape index (κ3) is 8.77. The Morgan fingerprint density at radius 1 is 1.07 bits per heavy atom. The fourth-order valence-electron chi connectivity index (χ4n) is 3.67. The van der Waals surface area contributed by atoms with Crippen LogP contribution in [0.4, 0.5) is 0 Å². The lowest BCUT2D eigenvalue weighted by Crippen LogP contribution is -2.19. The SMILES string of the molecule is C=CCC1CCC(COc2ccc(C=CC(=O)OCCCCCC)cc2)CC1. The normalized spacial score (nSPS) is 19.5. The zero-order valence-corrected chi connectivity index (χ0v) is 17.4. The first-order valence-corrected chi connectivity index (χ1v) is 10.9. The van der Waals surface area contributed by atoms with Gasteiger partial charge in [-0.3, -0.25) is 0 Å². The predicted molar refractivity (Wildman–Crippen MR) is 116 cm³/mol. The summed E-state index contributed by atoms with van der Waals surface area (Å²) in [7, 11) is 0. The Kier molecular flexibility index (Phi) is 10.5. The second kappa shape index (κ2) is 13.2. The number of ether oxygens (including phenoxy) is 2. The van der Waals surface area contributed by atoms with E-state index in [4.69, 9.17) is 9.47 Å². The van der Waals surface area contributed by atoms with Crippen molar-refractivity contribution < 1.29 is 14.3 Å². The highest BCUT2D eigenvalue weighted by molar-refractivity contribution is 5.87. The van der Waals surface area contributed by atoms with Gasteiger partial charge >= 0.3 is 5.97 Å². The molecule has 0 heterocycles. The number of hydrogen-bond acceptors (Lipinski definition) is 3. The summed E-state index contributed by atoms with van der Waals surface area (Å²) in [6.45, 7) is 7.31. The summed E-state index contributed by atoms with van der Waals surface area (Å²) < 4.78 is 11.2. The number of esters is 1. The molecule has 28 heavy (non-hydrogen) atoms. The number of allylic oxidation sites excluding steroid dienone is 1. The molecule has 1 aliphatic carbocycles. The monoisotopic (exact) mass is 384 g/mol. The molecule has 0 saturated heterocycles. The van der Waals surface area contributed by atoms with Gasteiger partial charge in [0.15, 0.2) is 0 Å². The summed E-state index contributed by atoms with van der Waals surface area (Å²) in [5.41, 5.74) is 0.972. The molecule has 1 aliphatic rings. The zero-order chi connectivity index (χ0) is 20.0. The molecule has 0 N–H and O–H groups in total. The molecule has 3 nitrogen and oxygen atoms in total. The Balaban J connectivity index is 1.65. The van der Waals surface area contributed by atoms with Crippen LogP contribution in [0.3, 0.4) is 0 Å². The Morgan fingerprint density at radius 2 is 1.79 bits per heavy atom. The minimum Gasteiger partial charge on any atom is -0.493 e. The van der Waals surface area contributed by atoms with E-state index in [2.05, 4.69) is 13.5 Å². The fraction of sp³-hybridized carbons (Fsp3) is 0.560. The second-order valence-corrected chi connectivity index (χ2v) is 7.85. The van der Waals surface area contributed by atoms with Gasteiger partial charge in [0.1, 0.15) is 5.75 Å². The molecule has 2 rings (SSSR count). The molecule has 0 radical (unpaired) electrons. The molecular weight excluding hydrogens is 348 g/mol. The van der Waals surface area contributed by atoms with Crippen LogP contribution in [0.5, 0.6) is 5.75 Å². The molecule has 1 fully saturated rings. The third-order valence-corrected chi connectivity index (χ3v) is 5.49. The first kappa shape index (κ1) is 22.3. The van der Waals surface area contributed by atoms with E-state index >= 15 is 0 Å². The molecule has 0 bridgehead atoms. The molecule has 0 spiro atoms. The van der Waals surface area contributed by atoms with Gasteiger partial charge in [-0.1, -0.05) is 44.4 Å². The van der Waals surface area contributed by atoms with Crippen LogP contribution in [0.15, 0.2) is 43.0 Å². The van der Waals surface area contributed by atoms with Gasteiger partial charge < -0.3 is 9.47 Å². The molecule has 0 aliphatic heterocycles. The van der Waals surface area contributed by atoms with Crippen molar-refractivity contribution in [3.05, 3.63) is 48.6 Å². The van der Waals surface area contributed by atoms with Crippen molar-refractivity contribution in [1.29, 1.82) is 0 Å². The van der Waals surface area contributed by atoms with E-state index in [1.54, 1.807) is 6.08 Å². The number of hydrogen-bond donors (Lipinski definition) is 0. The smallest absolute Gasteiger partial charge is 0.330 e. The van der Waals surface area contributed by atoms with Crippen LogP contribution < -0.4 is 4.74 Å². The van der Waals surface area contributed by atoms with E-state index in [9.17, 15) is 4.79 Å². The van der Waals surface area contributed by atoms with E-state index in [0.29, 0.717) is 12.5 Å². The highest BCUT2D eigenvalue weighted by atomic mass is 16.5. The molecule has 0 atom stereocenters. The molecule has 0 unspecified atom stereocenters. The number of carbonyl (C=O) groups is 1. The van der Waals surface area contributed by atoms with Crippen molar-refractivity contribution in [3.8, 4) is 5.75 Å². The van der Waals surface area contributed by atoms with E-state index in [0.717, 1.165) is 43.1 Å². The molecule has 3 heteroatoms. The summed E-state index contributed by atoms with van der Waals surface area (Å²) >= 11 is 0. The molecule has 1 aromatic rings. The Morgan fingerprint density at radius 3 is 2.46 bits per heavy atom. The minimum atomic E-state index is -0.274. The van der Waals surface area contributed by atoms with Gasteiger partial charge in [-0.2, -0.15) is 0 Å². The fourth-order valence-corrected chi connectivity index (χ4v) is 3.67. The molecule has 0 aromatic heterocycles. The third-order valence-electron chi connectivity index (χ3n) is 5.49. The number of benzene rings is 1. The van der Waals surface area contributed by atoms with Crippen LogP contribution in [0.1, 0.15) is 70.3 Å². The van der Waals surface area contributed by atoms with Crippen LogP contribution in [0, 0.1) is 11.8 Å². The number of carbonyl (C=O) groups excluding carboxylic acids is 1.